The van der Waals surface area contributed by atoms with Crippen LogP contribution in [0.15, 0.2) is 0 Å². The molecule has 88 valence electrons. The second-order valence-corrected chi connectivity index (χ2v) is 3.60. The van der Waals surface area contributed by atoms with E-state index in [9.17, 15) is 14.4 Å². The quantitative estimate of drug-likeness (QED) is 0.537. The highest BCUT2D eigenvalue weighted by atomic mass is 16.7. The Balaban J connectivity index is 2.31. The number of carbonyl (C=O) groups excluding carboxylic acids is 2. The third-order valence-electron chi connectivity index (χ3n) is 2.51. The molecule has 0 aromatic carbocycles. The van der Waals surface area contributed by atoms with E-state index in [2.05, 4.69) is 0 Å². The SMILES string of the molecule is NC1CON(C2(C(=O)O)CCC(=O)O2)C1=O. The van der Waals surface area contributed by atoms with Gasteiger partial charge in [0.2, 0.25) is 0 Å². The van der Waals surface area contributed by atoms with Crippen LogP contribution in [0.3, 0.4) is 0 Å². The molecule has 0 aromatic rings. The largest absolute Gasteiger partial charge is 0.477 e. The lowest BCUT2D eigenvalue weighted by atomic mass is 10.1. The molecule has 0 saturated carbocycles. The van der Waals surface area contributed by atoms with Gasteiger partial charge in [0.05, 0.1) is 13.0 Å². The molecule has 2 aliphatic heterocycles. The van der Waals surface area contributed by atoms with Crippen LogP contribution in [-0.4, -0.2) is 46.4 Å². The molecular weight excluding hydrogens is 220 g/mol. The maximum atomic E-state index is 11.5. The molecule has 2 heterocycles. The summed E-state index contributed by atoms with van der Waals surface area (Å²) in [6.07, 6.45) is -0.214. The minimum atomic E-state index is -2.05. The number of amides is 1. The number of carboxylic acid groups (broad SMARTS) is 1. The number of cyclic esters (lactones) is 1. The first-order chi connectivity index (χ1) is 7.47. The molecule has 2 aliphatic rings. The van der Waals surface area contributed by atoms with Gasteiger partial charge in [0.15, 0.2) is 0 Å². The number of esters is 1. The first-order valence-electron chi connectivity index (χ1n) is 4.65. The van der Waals surface area contributed by atoms with Crippen molar-refractivity contribution in [1.82, 2.24) is 5.06 Å². The van der Waals surface area contributed by atoms with E-state index in [-0.39, 0.29) is 19.4 Å². The summed E-state index contributed by atoms with van der Waals surface area (Å²) in [4.78, 5) is 38.5. The van der Waals surface area contributed by atoms with E-state index in [0.29, 0.717) is 5.06 Å². The van der Waals surface area contributed by atoms with Gasteiger partial charge in [-0.05, 0) is 0 Å². The lowest BCUT2D eigenvalue weighted by Gasteiger charge is -2.30. The highest BCUT2D eigenvalue weighted by molar-refractivity contribution is 5.92. The monoisotopic (exact) mass is 230 g/mol. The lowest BCUT2D eigenvalue weighted by molar-refractivity contribution is -0.256. The van der Waals surface area contributed by atoms with Gasteiger partial charge in [0, 0.05) is 6.42 Å². The average Bonchev–Trinajstić information content (AvgIpc) is 2.74. The molecule has 2 saturated heterocycles. The van der Waals surface area contributed by atoms with Crippen molar-refractivity contribution in [2.75, 3.05) is 6.61 Å². The van der Waals surface area contributed by atoms with Crippen LogP contribution in [0.2, 0.25) is 0 Å². The van der Waals surface area contributed by atoms with Gasteiger partial charge in [-0.15, -0.1) is 0 Å². The van der Waals surface area contributed by atoms with Crippen LogP contribution < -0.4 is 5.73 Å². The standard InChI is InChI=1S/C8H10N2O6/c9-4-3-15-10(6(4)12)8(7(13)14)2-1-5(11)16-8/h4H,1-3,9H2,(H,13,14). The van der Waals surface area contributed by atoms with E-state index in [1.165, 1.54) is 0 Å². The first-order valence-corrected chi connectivity index (χ1v) is 4.65. The van der Waals surface area contributed by atoms with Crippen molar-refractivity contribution in [3.63, 3.8) is 0 Å². The van der Waals surface area contributed by atoms with Crippen molar-refractivity contribution in [2.24, 2.45) is 5.73 Å². The minimum absolute atomic E-state index is 0.0747. The topological polar surface area (TPSA) is 119 Å². The zero-order chi connectivity index (χ0) is 11.9. The molecular formula is C8H10N2O6. The summed E-state index contributed by atoms with van der Waals surface area (Å²) in [6, 6.07) is -0.921. The number of nitrogens with zero attached hydrogens (tertiary/aromatic N) is 1. The Morgan fingerprint density at radius 1 is 1.56 bits per heavy atom. The molecule has 0 bridgehead atoms. The number of ether oxygens (including phenoxy) is 1. The molecule has 0 aromatic heterocycles. The molecule has 2 unspecified atom stereocenters. The lowest BCUT2D eigenvalue weighted by Crippen LogP contribution is -2.56. The van der Waals surface area contributed by atoms with Crippen LogP contribution in [0.5, 0.6) is 0 Å². The van der Waals surface area contributed by atoms with E-state index in [1.807, 2.05) is 0 Å². The summed E-state index contributed by atoms with van der Waals surface area (Å²) >= 11 is 0. The van der Waals surface area contributed by atoms with E-state index >= 15 is 0 Å². The Morgan fingerprint density at radius 3 is 2.62 bits per heavy atom. The fourth-order valence-corrected chi connectivity index (χ4v) is 1.66. The zero-order valence-electron chi connectivity index (χ0n) is 8.21. The van der Waals surface area contributed by atoms with Crippen molar-refractivity contribution in [1.29, 1.82) is 0 Å². The van der Waals surface area contributed by atoms with E-state index < -0.39 is 29.6 Å². The fraction of sp³-hybridized carbons (Fsp3) is 0.625. The molecule has 3 N–H and O–H groups in total. The molecule has 1 amide bonds. The summed E-state index contributed by atoms with van der Waals surface area (Å²) < 4.78 is 4.70. The molecule has 16 heavy (non-hydrogen) atoms. The van der Waals surface area contributed by atoms with Gasteiger partial charge < -0.3 is 15.6 Å². The number of carbonyl (C=O) groups is 3. The highest BCUT2D eigenvalue weighted by Gasteiger charge is 2.58. The molecule has 0 aliphatic carbocycles. The van der Waals surface area contributed by atoms with Crippen LogP contribution in [-0.2, 0) is 24.0 Å². The maximum Gasteiger partial charge on any atom is 0.372 e. The van der Waals surface area contributed by atoms with Gasteiger partial charge in [-0.2, -0.15) is 5.06 Å². The van der Waals surface area contributed by atoms with Gasteiger partial charge in [-0.25, -0.2) is 4.79 Å². The van der Waals surface area contributed by atoms with Crippen LogP contribution in [0.25, 0.3) is 0 Å². The Labute approximate surface area is 89.8 Å². The minimum Gasteiger partial charge on any atom is -0.477 e. The smallest absolute Gasteiger partial charge is 0.372 e. The van der Waals surface area contributed by atoms with Crippen molar-refractivity contribution < 1.29 is 29.1 Å². The molecule has 2 atom stereocenters. The van der Waals surface area contributed by atoms with Crippen molar-refractivity contribution in [3.8, 4) is 0 Å². The average molecular weight is 230 g/mol. The Morgan fingerprint density at radius 2 is 2.25 bits per heavy atom. The fourth-order valence-electron chi connectivity index (χ4n) is 1.66. The van der Waals surface area contributed by atoms with Gasteiger partial charge in [0.1, 0.15) is 6.04 Å². The molecule has 8 nitrogen and oxygen atoms in total. The molecule has 0 radical (unpaired) electrons. The van der Waals surface area contributed by atoms with Crippen LogP contribution >= 0.6 is 0 Å². The predicted molar refractivity (Wildman–Crippen MR) is 46.5 cm³/mol. The second kappa shape index (κ2) is 3.42. The third-order valence-corrected chi connectivity index (χ3v) is 2.51. The molecule has 0 spiro atoms. The van der Waals surface area contributed by atoms with E-state index in [4.69, 9.17) is 20.4 Å². The Kier molecular flexibility index (Phi) is 2.32. The first kappa shape index (κ1) is 10.8. The van der Waals surface area contributed by atoms with Crippen molar-refractivity contribution >= 4 is 17.8 Å². The number of hydrogen-bond donors (Lipinski definition) is 2. The summed E-state index contributed by atoms with van der Waals surface area (Å²) in [5.74, 6) is -2.82. The van der Waals surface area contributed by atoms with Crippen LogP contribution in [0.4, 0.5) is 0 Å². The highest BCUT2D eigenvalue weighted by Crippen LogP contribution is 2.33. The van der Waals surface area contributed by atoms with Crippen molar-refractivity contribution in [2.45, 2.75) is 24.6 Å². The molecule has 8 heteroatoms. The van der Waals surface area contributed by atoms with E-state index in [0.717, 1.165) is 0 Å². The summed E-state index contributed by atoms with van der Waals surface area (Å²) in [5.41, 5.74) is 3.33. The Bertz CT molecular complexity index is 370. The van der Waals surface area contributed by atoms with E-state index in [1.54, 1.807) is 0 Å². The summed E-state index contributed by atoms with van der Waals surface area (Å²) in [5, 5.41) is 9.61. The zero-order valence-corrected chi connectivity index (χ0v) is 8.21. The van der Waals surface area contributed by atoms with Gasteiger partial charge >= 0.3 is 17.7 Å². The predicted octanol–water partition coefficient (Wildman–Crippen LogP) is -1.79. The van der Waals surface area contributed by atoms with Crippen molar-refractivity contribution in [3.05, 3.63) is 0 Å². The second-order valence-electron chi connectivity index (χ2n) is 3.60. The number of hydroxylamine groups is 2. The summed E-state index contributed by atoms with van der Waals surface area (Å²) in [7, 11) is 0. The van der Waals surface area contributed by atoms with Crippen LogP contribution in [0.1, 0.15) is 12.8 Å². The van der Waals surface area contributed by atoms with Gasteiger partial charge in [-0.3, -0.25) is 14.4 Å². The maximum absolute atomic E-state index is 11.5. The number of aliphatic carboxylic acids is 1. The van der Waals surface area contributed by atoms with Gasteiger partial charge in [-0.1, -0.05) is 0 Å². The van der Waals surface area contributed by atoms with Crippen LogP contribution in [0, 0.1) is 0 Å². The number of carboxylic acids is 1. The van der Waals surface area contributed by atoms with Gasteiger partial charge in [0.25, 0.3) is 5.91 Å². The number of rotatable bonds is 2. The molecule has 2 rings (SSSR count). The summed E-state index contributed by atoms with van der Waals surface area (Å²) in [6.45, 7) is -0.120. The third kappa shape index (κ3) is 1.34. The number of hydrogen-bond acceptors (Lipinski definition) is 6. The number of nitrogens with two attached hydrogens (primary N) is 1. The normalized spacial score (nSPS) is 34.3. The Hall–Kier alpha value is -1.67. The molecule has 2 fully saturated rings.